The van der Waals surface area contributed by atoms with Gasteiger partial charge in [-0.25, -0.2) is 0 Å². The summed E-state index contributed by atoms with van der Waals surface area (Å²) in [5, 5.41) is 0.680. The molecule has 2 N–H and O–H groups in total. The van der Waals surface area contributed by atoms with Gasteiger partial charge in [0.25, 0.3) is 0 Å². The molecule has 2 aromatic rings. The van der Waals surface area contributed by atoms with Crippen molar-refractivity contribution in [3.05, 3.63) is 64.7 Å². The summed E-state index contributed by atoms with van der Waals surface area (Å²) < 4.78 is 5.37. The molecule has 94 valence electrons. The van der Waals surface area contributed by atoms with Crippen molar-refractivity contribution in [3.63, 3.8) is 0 Å². The van der Waals surface area contributed by atoms with Crippen molar-refractivity contribution in [1.82, 2.24) is 0 Å². The van der Waals surface area contributed by atoms with Crippen molar-refractivity contribution >= 4 is 11.6 Å². The third-order valence-corrected chi connectivity index (χ3v) is 3.33. The second-order valence-electron chi connectivity index (χ2n) is 4.41. The fourth-order valence-electron chi connectivity index (χ4n) is 2.04. The lowest BCUT2D eigenvalue weighted by Gasteiger charge is -2.27. The summed E-state index contributed by atoms with van der Waals surface area (Å²) >= 11 is 6.03. The van der Waals surface area contributed by atoms with Crippen molar-refractivity contribution in [2.45, 2.75) is 12.5 Å². The minimum Gasteiger partial charge on any atom is -0.496 e. The highest BCUT2D eigenvalue weighted by Crippen LogP contribution is 2.33. The van der Waals surface area contributed by atoms with Crippen LogP contribution in [0.5, 0.6) is 5.75 Å². The fourth-order valence-corrected chi connectivity index (χ4v) is 2.23. The molecule has 2 rings (SSSR count). The Labute approximate surface area is 112 Å². The van der Waals surface area contributed by atoms with Crippen molar-refractivity contribution in [2.24, 2.45) is 5.73 Å². The summed E-state index contributed by atoms with van der Waals surface area (Å²) in [6.45, 7) is 1.95. The number of methoxy groups -OCH3 is 1. The van der Waals surface area contributed by atoms with Crippen LogP contribution in [0, 0.1) is 0 Å². The summed E-state index contributed by atoms with van der Waals surface area (Å²) in [4.78, 5) is 0. The van der Waals surface area contributed by atoms with Crippen LogP contribution in [-0.4, -0.2) is 7.11 Å². The highest BCUT2D eigenvalue weighted by Gasteiger charge is 2.27. The number of ether oxygens (including phenoxy) is 1. The van der Waals surface area contributed by atoms with Gasteiger partial charge in [-0.15, -0.1) is 0 Å². The lowest BCUT2D eigenvalue weighted by Crippen LogP contribution is -2.34. The van der Waals surface area contributed by atoms with Crippen molar-refractivity contribution in [3.8, 4) is 5.75 Å². The standard InChI is InChI=1S/C15H16ClNO/c1-15(17,11-6-5-7-12(16)10-11)13-8-3-4-9-14(13)18-2/h3-10H,17H2,1-2H3. The van der Waals surface area contributed by atoms with Gasteiger partial charge in [-0.3, -0.25) is 0 Å². The average molecular weight is 262 g/mol. The highest BCUT2D eigenvalue weighted by atomic mass is 35.5. The molecular formula is C15H16ClNO. The molecular weight excluding hydrogens is 246 g/mol. The van der Waals surface area contributed by atoms with E-state index in [0.29, 0.717) is 5.02 Å². The van der Waals surface area contributed by atoms with Crippen LogP contribution < -0.4 is 10.5 Å². The Hall–Kier alpha value is -1.51. The van der Waals surface area contributed by atoms with Crippen LogP contribution >= 0.6 is 11.6 Å². The molecule has 0 aromatic heterocycles. The highest BCUT2D eigenvalue weighted by molar-refractivity contribution is 6.30. The monoisotopic (exact) mass is 261 g/mol. The summed E-state index contributed by atoms with van der Waals surface area (Å²) in [6.07, 6.45) is 0. The maximum Gasteiger partial charge on any atom is 0.124 e. The molecule has 2 aromatic carbocycles. The number of halogens is 1. The van der Waals surface area contributed by atoms with E-state index in [2.05, 4.69) is 0 Å². The van der Waals surface area contributed by atoms with Crippen LogP contribution in [0.1, 0.15) is 18.1 Å². The fraction of sp³-hybridized carbons (Fsp3) is 0.200. The van der Waals surface area contributed by atoms with Gasteiger partial charge >= 0.3 is 0 Å². The normalized spacial score (nSPS) is 14.0. The van der Waals surface area contributed by atoms with Crippen LogP contribution in [0.4, 0.5) is 0 Å². The quantitative estimate of drug-likeness (QED) is 0.917. The largest absolute Gasteiger partial charge is 0.496 e. The van der Waals surface area contributed by atoms with E-state index < -0.39 is 5.54 Å². The maximum absolute atomic E-state index is 6.47. The molecule has 1 atom stereocenters. The Morgan fingerprint density at radius 1 is 1.11 bits per heavy atom. The van der Waals surface area contributed by atoms with E-state index in [4.69, 9.17) is 22.1 Å². The molecule has 0 aliphatic carbocycles. The number of hydrogen-bond donors (Lipinski definition) is 1. The van der Waals surface area contributed by atoms with Crippen molar-refractivity contribution < 1.29 is 4.74 Å². The third-order valence-electron chi connectivity index (χ3n) is 3.09. The average Bonchev–Trinajstić information content (AvgIpc) is 2.38. The van der Waals surface area contributed by atoms with Gasteiger partial charge in [0.1, 0.15) is 5.75 Å². The van der Waals surface area contributed by atoms with E-state index in [1.165, 1.54) is 0 Å². The van der Waals surface area contributed by atoms with E-state index in [1.807, 2.05) is 55.5 Å². The van der Waals surface area contributed by atoms with Gasteiger partial charge in [-0.05, 0) is 30.7 Å². The molecule has 0 spiro atoms. The van der Waals surface area contributed by atoms with Crippen molar-refractivity contribution in [1.29, 1.82) is 0 Å². The molecule has 0 aliphatic heterocycles. The lowest BCUT2D eigenvalue weighted by molar-refractivity contribution is 0.399. The molecule has 0 radical (unpaired) electrons. The van der Waals surface area contributed by atoms with Gasteiger partial charge in [-0.2, -0.15) is 0 Å². The van der Waals surface area contributed by atoms with Gasteiger partial charge in [0.15, 0.2) is 0 Å². The van der Waals surface area contributed by atoms with Gasteiger partial charge < -0.3 is 10.5 Å². The van der Waals surface area contributed by atoms with E-state index >= 15 is 0 Å². The lowest BCUT2D eigenvalue weighted by atomic mass is 9.85. The van der Waals surface area contributed by atoms with Crippen LogP contribution in [0.3, 0.4) is 0 Å². The Bertz CT molecular complexity index is 552. The number of hydrogen-bond acceptors (Lipinski definition) is 2. The summed E-state index contributed by atoms with van der Waals surface area (Å²) in [5.41, 5.74) is 7.72. The Kier molecular flexibility index (Phi) is 3.60. The first-order chi connectivity index (χ1) is 8.55. The first-order valence-electron chi connectivity index (χ1n) is 5.74. The smallest absolute Gasteiger partial charge is 0.124 e. The van der Waals surface area contributed by atoms with Crippen LogP contribution in [0.2, 0.25) is 5.02 Å². The first kappa shape index (κ1) is 12.9. The minimum atomic E-state index is -0.641. The first-order valence-corrected chi connectivity index (χ1v) is 6.12. The molecule has 0 bridgehead atoms. The Morgan fingerprint density at radius 2 is 1.83 bits per heavy atom. The molecule has 18 heavy (non-hydrogen) atoms. The van der Waals surface area contributed by atoms with Gasteiger partial charge in [0.2, 0.25) is 0 Å². The summed E-state index contributed by atoms with van der Waals surface area (Å²) in [6, 6.07) is 15.3. The van der Waals surface area contributed by atoms with E-state index in [1.54, 1.807) is 7.11 Å². The molecule has 0 amide bonds. The zero-order valence-electron chi connectivity index (χ0n) is 10.5. The van der Waals surface area contributed by atoms with Gasteiger partial charge in [0, 0.05) is 10.6 Å². The zero-order valence-corrected chi connectivity index (χ0v) is 11.2. The molecule has 0 fully saturated rings. The zero-order chi connectivity index (χ0) is 13.2. The van der Waals surface area contributed by atoms with Crippen LogP contribution in [0.15, 0.2) is 48.5 Å². The minimum absolute atomic E-state index is 0.641. The molecule has 1 unspecified atom stereocenters. The molecule has 0 heterocycles. The number of nitrogens with two attached hydrogens (primary N) is 1. The molecule has 3 heteroatoms. The molecule has 0 saturated carbocycles. The summed E-state index contributed by atoms with van der Waals surface area (Å²) in [7, 11) is 1.65. The van der Waals surface area contributed by atoms with E-state index in [-0.39, 0.29) is 0 Å². The number of rotatable bonds is 3. The Balaban J connectivity index is 2.54. The van der Waals surface area contributed by atoms with Gasteiger partial charge in [-0.1, -0.05) is 41.9 Å². The van der Waals surface area contributed by atoms with Gasteiger partial charge in [0.05, 0.1) is 12.6 Å². The molecule has 0 aliphatic rings. The van der Waals surface area contributed by atoms with E-state index in [9.17, 15) is 0 Å². The number of para-hydroxylation sites is 1. The molecule has 2 nitrogen and oxygen atoms in total. The second-order valence-corrected chi connectivity index (χ2v) is 4.85. The third kappa shape index (κ3) is 2.35. The Morgan fingerprint density at radius 3 is 2.50 bits per heavy atom. The van der Waals surface area contributed by atoms with Crippen LogP contribution in [-0.2, 0) is 5.54 Å². The SMILES string of the molecule is COc1ccccc1C(C)(N)c1cccc(Cl)c1. The maximum atomic E-state index is 6.47. The topological polar surface area (TPSA) is 35.2 Å². The van der Waals surface area contributed by atoms with Crippen molar-refractivity contribution in [2.75, 3.05) is 7.11 Å². The second kappa shape index (κ2) is 5.01. The predicted molar refractivity (Wildman–Crippen MR) is 75.1 cm³/mol. The van der Waals surface area contributed by atoms with Crippen LogP contribution in [0.25, 0.3) is 0 Å². The predicted octanol–water partition coefficient (Wildman–Crippen LogP) is 3.57. The van der Waals surface area contributed by atoms with E-state index in [0.717, 1.165) is 16.9 Å². The molecule has 0 saturated heterocycles. The summed E-state index contributed by atoms with van der Waals surface area (Å²) in [5.74, 6) is 0.780. The number of benzene rings is 2.